The molecule has 0 amide bonds. The minimum atomic E-state index is -0.444. The first-order valence-electron chi connectivity index (χ1n) is 8.34. The molecule has 0 aliphatic carbocycles. The van der Waals surface area contributed by atoms with Crippen LogP contribution < -0.4 is 4.74 Å². The van der Waals surface area contributed by atoms with Crippen molar-refractivity contribution in [3.05, 3.63) is 58.1 Å². The largest absolute Gasteiger partial charge is 0.486 e. The molecule has 9 heteroatoms. The predicted octanol–water partition coefficient (Wildman–Crippen LogP) is 4.68. The number of fused-ring (bicyclic) bond motifs is 1. The minimum absolute atomic E-state index is 0.418. The molecule has 1 atom stereocenters. The first-order chi connectivity index (χ1) is 13.5. The van der Waals surface area contributed by atoms with E-state index in [0.717, 1.165) is 10.9 Å². The topological polar surface area (TPSA) is 92.4 Å². The number of H-pyrrole nitrogens is 1. The summed E-state index contributed by atoms with van der Waals surface area (Å²) in [5, 5.41) is 22.6. The predicted molar refractivity (Wildman–Crippen MR) is 106 cm³/mol. The van der Waals surface area contributed by atoms with Gasteiger partial charge in [0.1, 0.15) is 23.6 Å². The van der Waals surface area contributed by atoms with Crippen LogP contribution in [0.2, 0.25) is 10.0 Å². The van der Waals surface area contributed by atoms with E-state index in [1.165, 1.54) is 12.4 Å². The van der Waals surface area contributed by atoms with Gasteiger partial charge in [0.2, 0.25) is 0 Å². The summed E-state index contributed by atoms with van der Waals surface area (Å²) in [5.41, 5.74) is 3.23. The molecule has 0 saturated heterocycles. The summed E-state index contributed by atoms with van der Waals surface area (Å²) in [5.74, 6) is 0.507. The van der Waals surface area contributed by atoms with Gasteiger partial charge in [0.25, 0.3) is 0 Å². The number of hydrogen-bond donors (Lipinski definition) is 1. The highest BCUT2D eigenvalue weighted by Crippen LogP contribution is 2.35. The van der Waals surface area contributed by atoms with Gasteiger partial charge in [0, 0.05) is 48.2 Å². The lowest BCUT2D eigenvalue weighted by atomic mass is 10.1. The van der Waals surface area contributed by atoms with Crippen molar-refractivity contribution in [2.24, 2.45) is 7.05 Å². The maximum absolute atomic E-state index is 9.56. The lowest BCUT2D eigenvalue weighted by Crippen LogP contribution is -2.05. The molecule has 0 fully saturated rings. The van der Waals surface area contributed by atoms with Gasteiger partial charge in [0.05, 0.1) is 27.3 Å². The van der Waals surface area contributed by atoms with Crippen LogP contribution in [0, 0.1) is 11.3 Å². The molecule has 4 aromatic rings. The van der Waals surface area contributed by atoms with Crippen molar-refractivity contribution in [2.45, 2.75) is 13.0 Å². The fourth-order valence-corrected chi connectivity index (χ4v) is 3.76. The van der Waals surface area contributed by atoms with Crippen LogP contribution in [-0.4, -0.2) is 25.0 Å². The third-order valence-corrected chi connectivity index (χ3v) is 4.96. The second-order valence-electron chi connectivity index (χ2n) is 6.26. The van der Waals surface area contributed by atoms with Crippen LogP contribution in [0.25, 0.3) is 22.2 Å². The van der Waals surface area contributed by atoms with E-state index in [9.17, 15) is 5.26 Å². The number of benzene rings is 1. The lowest BCUT2D eigenvalue weighted by Gasteiger charge is -2.17. The Balaban J connectivity index is 1.78. The van der Waals surface area contributed by atoms with E-state index in [1.54, 1.807) is 16.9 Å². The van der Waals surface area contributed by atoms with Gasteiger partial charge in [-0.2, -0.15) is 15.5 Å². The van der Waals surface area contributed by atoms with Crippen LogP contribution in [0.3, 0.4) is 0 Å². The van der Waals surface area contributed by atoms with Crippen molar-refractivity contribution in [1.29, 1.82) is 5.26 Å². The van der Waals surface area contributed by atoms with E-state index >= 15 is 0 Å². The van der Waals surface area contributed by atoms with Crippen LogP contribution in [0.15, 0.2) is 36.9 Å². The SMILES string of the molecule is C[C@@H](Oc1cc(C#N)c2[nH]nc(-c3cnn(C)c3)c2c1)c1c(Cl)cncc1Cl. The highest BCUT2D eigenvalue weighted by molar-refractivity contribution is 6.35. The van der Waals surface area contributed by atoms with Crippen LogP contribution >= 0.6 is 23.2 Å². The van der Waals surface area contributed by atoms with Crippen LogP contribution in [0.1, 0.15) is 24.2 Å². The number of hydrogen-bond acceptors (Lipinski definition) is 5. The quantitative estimate of drug-likeness (QED) is 0.525. The molecule has 28 heavy (non-hydrogen) atoms. The Morgan fingerprint density at radius 2 is 1.96 bits per heavy atom. The zero-order valence-electron chi connectivity index (χ0n) is 14.9. The molecule has 0 saturated carbocycles. The summed E-state index contributed by atoms with van der Waals surface area (Å²) in [6.45, 7) is 1.83. The van der Waals surface area contributed by atoms with E-state index in [0.29, 0.717) is 38.1 Å². The highest BCUT2D eigenvalue weighted by Gasteiger charge is 2.19. The Labute approximate surface area is 170 Å². The Kier molecular flexibility index (Phi) is 4.67. The number of aryl methyl sites for hydroxylation is 1. The molecule has 0 radical (unpaired) electrons. The highest BCUT2D eigenvalue weighted by atomic mass is 35.5. The molecule has 140 valence electrons. The number of rotatable bonds is 4. The molecule has 1 aromatic carbocycles. The van der Waals surface area contributed by atoms with Crippen molar-refractivity contribution in [1.82, 2.24) is 25.0 Å². The smallest absolute Gasteiger partial charge is 0.124 e. The molecule has 0 aliphatic heterocycles. The number of nitrogens with one attached hydrogen (secondary N) is 1. The zero-order valence-corrected chi connectivity index (χ0v) is 16.5. The van der Waals surface area contributed by atoms with Crippen molar-refractivity contribution >= 4 is 34.1 Å². The zero-order chi connectivity index (χ0) is 19.8. The van der Waals surface area contributed by atoms with E-state index < -0.39 is 6.10 Å². The number of nitrogens with zero attached hydrogens (tertiary/aromatic N) is 5. The number of aromatic amines is 1. The van der Waals surface area contributed by atoms with Gasteiger partial charge in [-0.25, -0.2) is 0 Å². The van der Waals surface area contributed by atoms with E-state index in [2.05, 4.69) is 26.3 Å². The third-order valence-electron chi connectivity index (χ3n) is 4.36. The Morgan fingerprint density at radius 3 is 2.61 bits per heavy atom. The van der Waals surface area contributed by atoms with E-state index in [4.69, 9.17) is 27.9 Å². The molecule has 4 rings (SSSR count). The Hall–Kier alpha value is -3.08. The van der Waals surface area contributed by atoms with Gasteiger partial charge < -0.3 is 4.74 Å². The second kappa shape index (κ2) is 7.15. The van der Waals surface area contributed by atoms with Crippen molar-refractivity contribution < 1.29 is 4.74 Å². The van der Waals surface area contributed by atoms with Gasteiger partial charge in [-0.05, 0) is 13.0 Å². The standard InChI is InChI=1S/C19H14Cl2N6O/c1-10(17-15(20)7-23-8-16(17)21)28-13-3-11(5-22)18-14(4-13)19(26-25-18)12-6-24-27(2)9-12/h3-4,6-10H,1-2H3,(H,25,26)/t10-/m1/s1. The van der Waals surface area contributed by atoms with Crippen molar-refractivity contribution in [3.8, 4) is 23.1 Å². The molecule has 0 bridgehead atoms. The number of ether oxygens (including phenoxy) is 1. The van der Waals surface area contributed by atoms with Crippen molar-refractivity contribution in [2.75, 3.05) is 0 Å². The number of halogens is 2. The van der Waals surface area contributed by atoms with Gasteiger partial charge in [0.15, 0.2) is 0 Å². The summed E-state index contributed by atoms with van der Waals surface area (Å²) in [6, 6.07) is 5.68. The first-order valence-corrected chi connectivity index (χ1v) is 9.10. The van der Waals surface area contributed by atoms with Crippen molar-refractivity contribution in [3.63, 3.8) is 0 Å². The summed E-state index contributed by atoms with van der Waals surface area (Å²) in [4.78, 5) is 3.96. The first kappa shape index (κ1) is 18.3. The summed E-state index contributed by atoms with van der Waals surface area (Å²) >= 11 is 12.5. The lowest BCUT2D eigenvalue weighted by molar-refractivity contribution is 0.227. The summed E-state index contributed by atoms with van der Waals surface area (Å²) in [7, 11) is 1.83. The molecule has 3 heterocycles. The molecule has 0 aliphatic rings. The van der Waals surface area contributed by atoms with Gasteiger partial charge in [-0.1, -0.05) is 23.2 Å². The maximum atomic E-state index is 9.56. The van der Waals surface area contributed by atoms with Crippen LogP contribution in [0.5, 0.6) is 5.75 Å². The summed E-state index contributed by atoms with van der Waals surface area (Å²) in [6.07, 6.45) is 6.16. The van der Waals surface area contributed by atoms with Gasteiger partial charge in [-0.15, -0.1) is 0 Å². The van der Waals surface area contributed by atoms with E-state index in [1.807, 2.05) is 26.2 Å². The number of nitriles is 1. The molecule has 1 N–H and O–H groups in total. The second-order valence-corrected chi connectivity index (χ2v) is 7.07. The Bertz CT molecular complexity index is 1200. The third kappa shape index (κ3) is 3.17. The molecular formula is C19H14Cl2N6O. The summed E-state index contributed by atoms with van der Waals surface area (Å²) < 4.78 is 7.76. The van der Waals surface area contributed by atoms with E-state index in [-0.39, 0.29) is 0 Å². The monoisotopic (exact) mass is 412 g/mol. The average molecular weight is 413 g/mol. The molecule has 0 spiro atoms. The fraction of sp³-hybridized carbons (Fsp3) is 0.158. The fourth-order valence-electron chi connectivity index (χ4n) is 3.09. The minimum Gasteiger partial charge on any atom is -0.486 e. The van der Waals surface area contributed by atoms with Gasteiger partial charge >= 0.3 is 0 Å². The molecule has 0 unspecified atom stereocenters. The van der Waals surface area contributed by atoms with Crippen LogP contribution in [-0.2, 0) is 7.05 Å². The molecular weight excluding hydrogens is 399 g/mol. The average Bonchev–Trinajstić information content (AvgIpc) is 3.26. The molecule has 3 aromatic heterocycles. The number of aromatic nitrogens is 5. The van der Waals surface area contributed by atoms with Gasteiger partial charge in [-0.3, -0.25) is 14.8 Å². The van der Waals surface area contributed by atoms with Crippen LogP contribution in [0.4, 0.5) is 0 Å². The Morgan fingerprint density at radius 1 is 1.21 bits per heavy atom. The molecule has 7 nitrogen and oxygen atoms in total. The normalized spacial score (nSPS) is 12.1. The number of pyridine rings is 1. The maximum Gasteiger partial charge on any atom is 0.124 e.